The van der Waals surface area contributed by atoms with E-state index < -0.39 is 0 Å². The van der Waals surface area contributed by atoms with Gasteiger partial charge in [-0.1, -0.05) is 12.2 Å². The van der Waals surface area contributed by atoms with Crippen molar-refractivity contribution in [2.75, 3.05) is 11.9 Å². The molecule has 3 aliphatic rings. The second kappa shape index (κ2) is 4.28. The van der Waals surface area contributed by atoms with Gasteiger partial charge in [0.05, 0.1) is 0 Å². The average Bonchev–Trinajstić information content (AvgIpc) is 2.92. The van der Waals surface area contributed by atoms with Crippen molar-refractivity contribution in [2.24, 2.45) is 23.2 Å². The highest BCUT2D eigenvalue weighted by Gasteiger charge is 2.62. The summed E-state index contributed by atoms with van der Waals surface area (Å²) in [6.07, 6.45) is 8.78. The molecule has 5 nitrogen and oxygen atoms in total. The van der Waals surface area contributed by atoms with Crippen LogP contribution in [0.4, 0.5) is 9.93 Å². The monoisotopic (exact) mass is 290 g/mol. The first-order chi connectivity index (χ1) is 9.67. The maximum Gasteiger partial charge on any atom is 0.321 e. The molecule has 0 radical (unpaired) electrons. The highest BCUT2D eigenvalue weighted by Crippen LogP contribution is 2.69. The van der Waals surface area contributed by atoms with Crippen LogP contribution in [0.1, 0.15) is 25.1 Å². The first-order valence-corrected chi connectivity index (χ1v) is 7.98. The number of urea groups is 1. The van der Waals surface area contributed by atoms with Crippen molar-refractivity contribution in [1.29, 1.82) is 0 Å². The SMILES string of the molecule is Cc1nsc(NC(=O)NC[C@@H]2C[C@@H]3C=C[C@@H]2C32CC2)n1. The summed E-state index contributed by atoms with van der Waals surface area (Å²) in [4.78, 5) is 16.0. The minimum absolute atomic E-state index is 0.169. The number of allylic oxidation sites excluding steroid dienone is 2. The lowest BCUT2D eigenvalue weighted by atomic mass is 9.89. The third-order valence-electron chi connectivity index (χ3n) is 5.12. The number of hydrogen-bond acceptors (Lipinski definition) is 4. The number of rotatable bonds is 3. The van der Waals surface area contributed by atoms with Crippen LogP contribution in [0.3, 0.4) is 0 Å². The Bertz CT molecular complexity index is 577. The molecule has 1 heterocycles. The van der Waals surface area contributed by atoms with E-state index in [1.807, 2.05) is 6.92 Å². The number of anilines is 1. The van der Waals surface area contributed by atoms with Crippen LogP contribution in [0, 0.1) is 30.1 Å². The van der Waals surface area contributed by atoms with Crippen molar-refractivity contribution in [2.45, 2.75) is 26.2 Å². The summed E-state index contributed by atoms with van der Waals surface area (Å²) in [6, 6.07) is -0.169. The van der Waals surface area contributed by atoms with Gasteiger partial charge in [0.1, 0.15) is 5.82 Å². The van der Waals surface area contributed by atoms with Gasteiger partial charge in [-0.3, -0.25) is 5.32 Å². The van der Waals surface area contributed by atoms with Gasteiger partial charge in [-0.2, -0.15) is 4.37 Å². The number of aryl methyl sites for hydroxylation is 1. The third kappa shape index (κ3) is 1.85. The Kier molecular flexibility index (Phi) is 2.64. The Balaban J connectivity index is 1.31. The molecule has 106 valence electrons. The van der Waals surface area contributed by atoms with Crippen LogP contribution in [-0.4, -0.2) is 21.9 Å². The second-order valence-corrected chi connectivity index (χ2v) is 6.98. The average molecular weight is 290 g/mol. The second-order valence-electron chi connectivity index (χ2n) is 6.23. The topological polar surface area (TPSA) is 66.9 Å². The number of hydrogen-bond donors (Lipinski definition) is 2. The number of nitrogens with one attached hydrogen (secondary N) is 2. The van der Waals surface area contributed by atoms with E-state index in [2.05, 4.69) is 32.1 Å². The molecule has 2 fully saturated rings. The Morgan fingerprint density at radius 2 is 2.35 bits per heavy atom. The molecule has 3 aliphatic carbocycles. The fourth-order valence-electron chi connectivity index (χ4n) is 4.07. The third-order valence-corrected chi connectivity index (χ3v) is 5.84. The molecule has 0 unspecified atom stereocenters. The quantitative estimate of drug-likeness (QED) is 0.841. The lowest BCUT2D eigenvalue weighted by molar-refractivity contribution is 0.248. The predicted molar refractivity (Wildman–Crippen MR) is 77.6 cm³/mol. The summed E-state index contributed by atoms with van der Waals surface area (Å²) >= 11 is 1.21. The van der Waals surface area contributed by atoms with Crippen LogP contribution in [0.5, 0.6) is 0 Å². The summed E-state index contributed by atoms with van der Waals surface area (Å²) in [5.74, 6) is 2.76. The van der Waals surface area contributed by atoms with Crippen LogP contribution in [0.2, 0.25) is 0 Å². The Morgan fingerprint density at radius 1 is 1.50 bits per heavy atom. The standard InChI is InChI=1S/C14H18N4OS/c1-8-16-13(20-18-8)17-12(19)15-7-9-6-10-2-3-11(9)14(10)4-5-14/h2-3,9-11H,4-7H2,1H3,(H2,15,16,17,18,19)/t9-,10-,11-/m0/s1. The molecule has 1 aromatic heterocycles. The molecule has 4 rings (SSSR count). The van der Waals surface area contributed by atoms with Crippen LogP contribution in [0.15, 0.2) is 12.2 Å². The van der Waals surface area contributed by atoms with Crippen LogP contribution in [0.25, 0.3) is 0 Å². The van der Waals surface area contributed by atoms with Crippen molar-refractivity contribution in [3.63, 3.8) is 0 Å². The molecule has 0 saturated heterocycles. The number of amides is 2. The lowest BCUT2D eigenvalue weighted by Gasteiger charge is -2.20. The fraction of sp³-hybridized carbons (Fsp3) is 0.643. The van der Waals surface area contributed by atoms with Crippen LogP contribution in [-0.2, 0) is 0 Å². The molecule has 2 bridgehead atoms. The minimum Gasteiger partial charge on any atom is -0.338 e. The summed E-state index contributed by atoms with van der Waals surface area (Å²) < 4.78 is 4.04. The van der Waals surface area contributed by atoms with Crippen LogP contribution < -0.4 is 10.6 Å². The number of carbonyl (C=O) groups is 1. The highest BCUT2D eigenvalue weighted by atomic mass is 32.1. The van der Waals surface area contributed by atoms with Crippen molar-refractivity contribution < 1.29 is 4.79 Å². The van der Waals surface area contributed by atoms with Gasteiger partial charge in [0, 0.05) is 18.1 Å². The van der Waals surface area contributed by atoms with E-state index in [1.165, 1.54) is 30.8 Å². The zero-order chi connectivity index (χ0) is 13.7. The summed E-state index contributed by atoms with van der Waals surface area (Å²) in [6.45, 7) is 2.58. The van der Waals surface area contributed by atoms with Crippen molar-refractivity contribution in [1.82, 2.24) is 14.7 Å². The molecule has 0 aromatic carbocycles. The Morgan fingerprint density at radius 3 is 3.00 bits per heavy atom. The van der Waals surface area contributed by atoms with E-state index in [-0.39, 0.29) is 6.03 Å². The molecule has 3 atom stereocenters. The zero-order valence-electron chi connectivity index (χ0n) is 11.4. The molecule has 1 spiro atoms. The molecule has 2 N–H and O–H groups in total. The van der Waals surface area contributed by atoms with Crippen molar-refractivity contribution in [3.8, 4) is 0 Å². The van der Waals surface area contributed by atoms with E-state index in [0.717, 1.165) is 12.5 Å². The first kappa shape index (κ1) is 12.3. The predicted octanol–water partition coefficient (Wildman–Crippen LogP) is 2.57. The normalized spacial score (nSPS) is 31.8. The molecule has 20 heavy (non-hydrogen) atoms. The molecule has 6 heteroatoms. The lowest BCUT2D eigenvalue weighted by Crippen LogP contribution is -2.34. The van der Waals surface area contributed by atoms with E-state index in [4.69, 9.17) is 0 Å². The number of carbonyl (C=O) groups excluding carboxylic acids is 1. The number of aromatic nitrogens is 2. The van der Waals surface area contributed by atoms with Gasteiger partial charge in [-0.05, 0) is 49.4 Å². The van der Waals surface area contributed by atoms with Gasteiger partial charge in [0.25, 0.3) is 0 Å². The maximum atomic E-state index is 11.9. The Hall–Kier alpha value is -1.43. The Labute approximate surface area is 122 Å². The van der Waals surface area contributed by atoms with E-state index in [1.54, 1.807) is 0 Å². The molecule has 0 aliphatic heterocycles. The smallest absolute Gasteiger partial charge is 0.321 e. The van der Waals surface area contributed by atoms with Gasteiger partial charge in [-0.15, -0.1) is 0 Å². The molecular formula is C14H18N4OS. The van der Waals surface area contributed by atoms with Crippen molar-refractivity contribution >= 4 is 22.7 Å². The van der Waals surface area contributed by atoms with E-state index in [9.17, 15) is 4.79 Å². The minimum atomic E-state index is -0.169. The summed E-state index contributed by atoms with van der Waals surface area (Å²) in [5, 5.41) is 6.29. The van der Waals surface area contributed by atoms with E-state index in [0.29, 0.717) is 28.2 Å². The van der Waals surface area contributed by atoms with Crippen LogP contribution >= 0.6 is 11.5 Å². The van der Waals surface area contributed by atoms with Crippen molar-refractivity contribution in [3.05, 3.63) is 18.0 Å². The van der Waals surface area contributed by atoms with Gasteiger partial charge >= 0.3 is 6.03 Å². The molecule has 2 saturated carbocycles. The molecule has 2 amide bonds. The maximum absolute atomic E-state index is 11.9. The molecule has 1 aromatic rings. The summed E-state index contributed by atoms with van der Waals surface area (Å²) in [7, 11) is 0. The first-order valence-electron chi connectivity index (χ1n) is 7.21. The van der Waals surface area contributed by atoms with Gasteiger partial charge < -0.3 is 5.32 Å². The number of nitrogens with zero attached hydrogens (tertiary/aromatic N) is 2. The van der Waals surface area contributed by atoms with Gasteiger partial charge in [-0.25, -0.2) is 9.78 Å². The fourth-order valence-corrected chi connectivity index (χ4v) is 4.64. The molecular weight excluding hydrogens is 272 g/mol. The summed E-state index contributed by atoms with van der Waals surface area (Å²) in [5.41, 5.74) is 0.596. The van der Waals surface area contributed by atoms with Gasteiger partial charge in [0.15, 0.2) is 0 Å². The van der Waals surface area contributed by atoms with E-state index >= 15 is 0 Å². The largest absolute Gasteiger partial charge is 0.338 e. The highest BCUT2D eigenvalue weighted by molar-refractivity contribution is 7.09. The zero-order valence-corrected chi connectivity index (χ0v) is 12.2. The van der Waals surface area contributed by atoms with Gasteiger partial charge in [0.2, 0.25) is 5.13 Å².